The molecule has 68 valence electrons. The van der Waals surface area contributed by atoms with Crippen LogP contribution < -0.4 is 5.73 Å². The molecule has 0 aromatic carbocycles. The van der Waals surface area contributed by atoms with Crippen LogP contribution in [-0.4, -0.2) is 9.38 Å². The van der Waals surface area contributed by atoms with Crippen molar-refractivity contribution in [3.05, 3.63) is 35.3 Å². The Morgan fingerprint density at radius 1 is 1.46 bits per heavy atom. The van der Waals surface area contributed by atoms with E-state index in [2.05, 4.69) is 22.4 Å². The summed E-state index contributed by atoms with van der Waals surface area (Å²) in [5.41, 5.74) is 9.97. The molecule has 3 heteroatoms. The van der Waals surface area contributed by atoms with Crippen LogP contribution in [0.4, 0.5) is 0 Å². The molecule has 0 radical (unpaired) electrons. The van der Waals surface area contributed by atoms with E-state index >= 15 is 0 Å². The number of nitrogens with two attached hydrogens (primary N) is 1. The SMILES string of the molecule is Cc1nc2c(C)cccn2c1CN. The fourth-order valence-electron chi connectivity index (χ4n) is 1.61. The van der Waals surface area contributed by atoms with Gasteiger partial charge in [-0.1, -0.05) is 6.07 Å². The summed E-state index contributed by atoms with van der Waals surface area (Å²) in [6.07, 6.45) is 2.00. The Labute approximate surface area is 77.2 Å². The summed E-state index contributed by atoms with van der Waals surface area (Å²) < 4.78 is 2.06. The van der Waals surface area contributed by atoms with Crippen LogP contribution in [0.1, 0.15) is 17.0 Å². The van der Waals surface area contributed by atoms with E-state index < -0.39 is 0 Å². The number of hydrogen-bond donors (Lipinski definition) is 1. The lowest BCUT2D eigenvalue weighted by atomic mass is 10.3. The molecule has 0 aliphatic heterocycles. The van der Waals surface area contributed by atoms with Gasteiger partial charge in [-0.25, -0.2) is 4.98 Å². The van der Waals surface area contributed by atoms with Crippen LogP contribution in [-0.2, 0) is 6.54 Å². The fourth-order valence-corrected chi connectivity index (χ4v) is 1.61. The molecule has 13 heavy (non-hydrogen) atoms. The Morgan fingerprint density at radius 3 is 2.92 bits per heavy atom. The van der Waals surface area contributed by atoms with E-state index in [1.165, 1.54) is 5.56 Å². The van der Waals surface area contributed by atoms with E-state index in [1.807, 2.05) is 19.2 Å². The molecule has 0 spiro atoms. The van der Waals surface area contributed by atoms with Crippen LogP contribution in [0.25, 0.3) is 5.65 Å². The molecule has 2 aromatic rings. The average Bonchev–Trinajstić information content (AvgIpc) is 2.43. The second kappa shape index (κ2) is 2.85. The first-order valence-electron chi connectivity index (χ1n) is 4.37. The second-order valence-corrected chi connectivity index (χ2v) is 3.23. The lowest BCUT2D eigenvalue weighted by Gasteiger charge is -1.99. The van der Waals surface area contributed by atoms with Crippen molar-refractivity contribution >= 4 is 5.65 Å². The molecule has 2 N–H and O–H groups in total. The van der Waals surface area contributed by atoms with E-state index in [9.17, 15) is 0 Å². The molecule has 0 saturated heterocycles. The van der Waals surface area contributed by atoms with E-state index in [0.29, 0.717) is 6.54 Å². The third-order valence-corrected chi connectivity index (χ3v) is 2.34. The van der Waals surface area contributed by atoms with Crippen LogP contribution in [0.15, 0.2) is 18.3 Å². The molecule has 0 aliphatic carbocycles. The molecule has 0 aliphatic rings. The summed E-state index contributed by atoms with van der Waals surface area (Å²) in [5.74, 6) is 0. The fraction of sp³-hybridized carbons (Fsp3) is 0.300. The van der Waals surface area contributed by atoms with Gasteiger partial charge in [-0.2, -0.15) is 0 Å². The summed E-state index contributed by atoms with van der Waals surface area (Å²) >= 11 is 0. The standard InChI is InChI=1S/C10H13N3/c1-7-4-3-5-13-9(6-11)8(2)12-10(7)13/h3-5H,6,11H2,1-2H3. The molecule has 0 bridgehead atoms. The highest BCUT2D eigenvalue weighted by atomic mass is 15.0. The lowest BCUT2D eigenvalue weighted by molar-refractivity contribution is 0.942. The quantitative estimate of drug-likeness (QED) is 0.712. The van der Waals surface area contributed by atoms with Crippen LogP contribution in [0.5, 0.6) is 0 Å². The summed E-state index contributed by atoms with van der Waals surface area (Å²) in [5, 5.41) is 0. The van der Waals surface area contributed by atoms with Crippen LogP contribution >= 0.6 is 0 Å². The zero-order valence-electron chi connectivity index (χ0n) is 7.91. The van der Waals surface area contributed by atoms with Crippen molar-refractivity contribution in [2.45, 2.75) is 20.4 Å². The summed E-state index contributed by atoms with van der Waals surface area (Å²) in [6, 6.07) is 4.07. The third kappa shape index (κ3) is 1.12. The van der Waals surface area contributed by atoms with Crippen LogP contribution in [0.3, 0.4) is 0 Å². The molecule has 2 rings (SSSR count). The van der Waals surface area contributed by atoms with Gasteiger partial charge in [-0.15, -0.1) is 0 Å². The average molecular weight is 175 g/mol. The van der Waals surface area contributed by atoms with E-state index in [-0.39, 0.29) is 0 Å². The van der Waals surface area contributed by atoms with Crippen LogP contribution in [0.2, 0.25) is 0 Å². The van der Waals surface area contributed by atoms with E-state index in [4.69, 9.17) is 5.73 Å². The minimum Gasteiger partial charge on any atom is -0.325 e. The van der Waals surface area contributed by atoms with Gasteiger partial charge in [0, 0.05) is 12.7 Å². The highest BCUT2D eigenvalue weighted by Gasteiger charge is 2.07. The topological polar surface area (TPSA) is 43.3 Å². The second-order valence-electron chi connectivity index (χ2n) is 3.23. The summed E-state index contributed by atoms with van der Waals surface area (Å²) in [6.45, 7) is 4.59. The van der Waals surface area contributed by atoms with Crippen molar-refractivity contribution in [3.8, 4) is 0 Å². The summed E-state index contributed by atoms with van der Waals surface area (Å²) in [7, 11) is 0. The number of pyridine rings is 1. The van der Waals surface area contributed by atoms with E-state index in [0.717, 1.165) is 17.0 Å². The molecule has 2 heterocycles. The number of imidazole rings is 1. The smallest absolute Gasteiger partial charge is 0.140 e. The predicted octanol–water partition coefficient (Wildman–Crippen LogP) is 1.41. The predicted molar refractivity (Wildman–Crippen MR) is 52.6 cm³/mol. The minimum absolute atomic E-state index is 0.538. The molecule has 0 saturated carbocycles. The van der Waals surface area contributed by atoms with Gasteiger partial charge in [0.2, 0.25) is 0 Å². The number of fused-ring (bicyclic) bond motifs is 1. The molecule has 0 atom stereocenters. The number of rotatable bonds is 1. The van der Waals surface area contributed by atoms with Crippen molar-refractivity contribution in [1.82, 2.24) is 9.38 Å². The van der Waals surface area contributed by atoms with Gasteiger partial charge < -0.3 is 10.1 Å². The molecule has 2 aromatic heterocycles. The zero-order chi connectivity index (χ0) is 9.42. The molecule has 0 unspecified atom stereocenters. The van der Waals surface area contributed by atoms with Crippen molar-refractivity contribution in [3.63, 3.8) is 0 Å². The number of aryl methyl sites for hydroxylation is 2. The van der Waals surface area contributed by atoms with E-state index in [1.54, 1.807) is 0 Å². The van der Waals surface area contributed by atoms with Crippen LogP contribution in [0, 0.1) is 13.8 Å². The maximum Gasteiger partial charge on any atom is 0.140 e. The van der Waals surface area contributed by atoms with Gasteiger partial charge in [0.05, 0.1) is 11.4 Å². The third-order valence-electron chi connectivity index (χ3n) is 2.34. The largest absolute Gasteiger partial charge is 0.325 e. The molecular formula is C10H13N3. The normalized spacial score (nSPS) is 11.0. The van der Waals surface area contributed by atoms with Gasteiger partial charge in [0.25, 0.3) is 0 Å². The number of hydrogen-bond acceptors (Lipinski definition) is 2. The maximum atomic E-state index is 5.65. The Balaban J connectivity index is 2.86. The lowest BCUT2D eigenvalue weighted by Crippen LogP contribution is -2.02. The van der Waals surface area contributed by atoms with Crippen molar-refractivity contribution < 1.29 is 0 Å². The highest BCUT2D eigenvalue weighted by Crippen LogP contribution is 2.14. The Bertz CT molecular complexity index is 443. The molecular weight excluding hydrogens is 162 g/mol. The Hall–Kier alpha value is -1.35. The van der Waals surface area contributed by atoms with Gasteiger partial charge >= 0.3 is 0 Å². The molecule has 0 amide bonds. The Kier molecular flexibility index (Phi) is 1.81. The van der Waals surface area contributed by atoms with Gasteiger partial charge in [0.1, 0.15) is 5.65 Å². The van der Waals surface area contributed by atoms with Gasteiger partial charge in [0.15, 0.2) is 0 Å². The first-order valence-corrected chi connectivity index (χ1v) is 4.37. The monoisotopic (exact) mass is 175 g/mol. The molecule has 3 nitrogen and oxygen atoms in total. The summed E-state index contributed by atoms with van der Waals surface area (Å²) in [4.78, 5) is 4.47. The zero-order valence-corrected chi connectivity index (χ0v) is 7.91. The maximum absolute atomic E-state index is 5.65. The Morgan fingerprint density at radius 2 is 2.23 bits per heavy atom. The molecule has 0 fully saturated rings. The number of nitrogens with zero attached hydrogens (tertiary/aromatic N) is 2. The minimum atomic E-state index is 0.538. The van der Waals surface area contributed by atoms with Crippen molar-refractivity contribution in [2.75, 3.05) is 0 Å². The van der Waals surface area contributed by atoms with Gasteiger partial charge in [-0.3, -0.25) is 0 Å². The van der Waals surface area contributed by atoms with Gasteiger partial charge in [-0.05, 0) is 25.5 Å². The van der Waals surface area contributed by atoms with Crippen molar-refractivity contribution in [2.24, 2.45) is 5.73 Å². The number of aromatic nitrogens is 2. The first-order chi connectivity index (χ1) is 6.24. The highest BCUT2D eigenvalue weighted by molar-refractivity contribution is 5.50. The van der Waals surface area contributed by atoms with Crippen molar-refractivity contribution in [1.29, 1.82) is 0 Å². The first kappa shape index (κ1) is 8.26.